The number of thioether (sulfide) groups is 1. The van der Waals surface area contributed by atoms with Crippen LogP contribution in [0.25, 0.3) is 0 Å². The fourth-order valence-corrected chi connectivity index (χ4v) is 4.22. The van der Waals surface area contributed by atoms with Crippen molar-refractivity contribution in [3.8, 4) is 0 Å². The molecule has 0 aliphatic carbocycles. The number of hydrogen-bond donors (Lipinski definition) is 2. The second kappa shape index (κ2) is 9.43. The normalized spacial score (nSPS) is 11.7. The van der Waals surface area contributed by atoms with Crippen molar-refractivity contribution in [2.24, 2.45) is 0 Å². The van der Waals surface area contributed by atoms with Gasteiger partial charge >= 0.3 is 0 Å². The fraction of sp³-hybridized carbons (Fsp3) is 0.105. The number of nitrogens with one attached hydrogen (secondary N) is 2. The molecule has 9 heteroatoms. The molecule has 1 atom stereocenters. The molecule has 0 saturated heterocycles. The lowest BCUT2D eigenvalue weighted by Gasteiger charge is -2.12. The van der Waals surface area contributed by atoms with E-state index in [4.69, 9.17) is 23.2 Å². The molecule has 0 spiro atoms. The zero-order valence-electron chi connectivity index (χ0n) is 14.6. The predicted molar refractivity (Wildman–Crippen MR) is 117 cm³/mol. The number of amides is 2. The number of carbonyl (C=O) groups is 2. The average Bonchev–Trinajstić information content (AvgIpc) is 3.14. The number of aromatic nitrogens is 1. The van der Waals surface area contributed by atoms with Gasteiger partial charge in [-0.2, -0.15) is 0 Å². The summed E-state index contributed by atoms with van der Waals surface area (Å²) in [5.41, 5.74) is 0.939. The molecular weight excluding hydrogens is 437 g/mol. The van der Waals surface area contributed by atoms with Crippen molar-refractivity contribution in [2.75, 3.05) is 10.6 Å². The quantitative estimate of drug-likeness (QED) is 0.463. The maximum Gasteiger partial charge on any atom is 0.257 e. The zero-order valence-corrected chi connectivity index (χ0v) is 17.8. The van der Waals surface area contributed by atoms with Gasteiger partial charge in [0.1, 0.15) is 0 Å². The molecule has 2 aromatic carbocycles. The maximum atomic E-state index is 12.5. The van der Waals surface area contributed by atoms with Crippen LogP contribution >= 0.6 is 46.3 Å². The summed E-state index contributed by atoms with van der Waals surface area (Å²) in [6.45, 7) is 1.81. The minimum absolute atomic E-state index is 0.137. The van der Waals surface area contributed by atoms with Crippen LogP contribution in [0.4, 0.5) is 10.8 Å². The summed E-state index contributed by atoms with van der Waals surface area (Å²) in [7, 11) is 0. The highest BCUT2D eigenvalue weighted by molar-refractivity contribution is 8.00. The number of carbonyl (C=O) groups excluding carboxylic acids is 2. The van der Waals surface area contributed by atoms with Gasteiger partial charge in [0.15, 0.2) is 5.13 Å². The zero-order chi connectivity index (χ0) is 20.1. The van der Waals surface area contributed by atoms with Crippen LogP contribution < -0.4 is 10.6 Å². The number of anilines is 2. The lowest BCUT2D eigenvalue weighted by atomic mass is 10.2. The third-order valence-corrected chi connectivity index (χ3v) is 5.94. The molecular formula is C19H15Cl2N3O2S2. The number of rotatable bonds is 6. The van der Waals surface area contributed by atoms with E-state index in [2.05, 4.69) is 15.6 Å². The van der Waals surface area contributed by atoms with Crippen molar-refractivity contribution in [2.45, 2.75) is 17.1 Å². The number of benzene rings is 2. The largest absolute Gasteiger partial charge is 0.322 e. The molecule has 0 aliphatic rings. The van der Waals surface area contributed by atoms with Gasteiger partial charge in [-0.05, 0) is 43.3 Å². The van der Waals surface area contributed by atoms with Crippen LogP contribution in [0.2, 0.25) is 10.0 Å². The van der Waals surface area contributed by atoms with Crippen molar-refractivity contribution >= 4 is 68.9 Å². The standard InChI is InChI=1S/C19H15Cl2N3O2S2/c1-11(17(25)24-19-22-7-8-27-19)28-14-4-2-3-13(10-14)23-18(26)15-6-5-12(20)9-16(15)21/h2-11H,1H3,(H,23,26)(H,22,24,25). The van der Waals surface area contributed by atoms with E-state index in [1.54, 1.807) is 35.8 Å². The highest BCUT2D eigenvalue weighted by Crippen LogP contribution is 2.28. The summed E-state index contributed by atoms with van der Waals surface area (Å²) < 4.78 is 0. The van der Waals surface area contributed by atoms with Crippen LogP contribution in [-0.2, 0) is 4.79 Å². The molecule has 28 heavy (non-hydrogen) atoms. The summed E-state index contributed by atoms with van der Waals surface area (Å²) in [6, 6.07) is 12.0. The lowest BCUT2D eigenvalue weighted by molar-refractivity contribution is -0.115. The summed E-state index contributed by atoms with van der Waals surface area (Å²) in [6.07, 6.45) is 1.64. The monoisotopic (exact) mass is 451 g/mol. The van der Waals surface area contributed by atoms with Crippen molar-refractivity contribution in [1.82, 2.24) is 4.98 Å². The predicted octanol–water partition coefficient (Wildman–Crippen LogP) is 5.82. The van der Waals surface area contributed by atoms with Crippen molar-refractivity contribution in [3.63, 3.8) is 0 Å². The van der Waals surface area contributed by atoms with Crippen molar-refractivity contribution in [3.05, 3.63) is 69.7 Å². The minimum atomic E-state index is -0.335. The minimum Gasteiger partial charge on any atom is -0.322 e. The van der Waals surface area contributed by atoms with Crippen LogP contribution in [0.3, 0.4) is 0 Å². The summed E-state index contributed by atoms with van der Waals surface area (Å²) in [5, 5.41) is 8.36. The molecule has 0 fully saturated rings. The molecule has 1 aromatic heterocycles. The molecule has 2 amide bonds. The molecule has 0 radical (unpaired) electrons. The Balaban J connectivity index is 1.64. The Morgan fingerprint density at radius 3 is 2.68 bits per heavy atom. The Kier molecular flexibility index (Phi) is 6.96. The van der Waals surface area contributed by atoms with E-state index in [0.717, 1.165) is 4.90 Å². The molecule has 1 heterocycles. The number of nitrogens with zero attached hydrogens (tertiary/aromatic N) is 1. The number of halogens is 2. The Bertz CT molecular complexity index is 997. The molecule has 0 aliphatic heterocycles. The third kappa shape index (κ3) is 5.48. The fourth-order valence-electron chi connectivity index (χ4n) is 2.27. The van der Waals surface area contributed by atoms with Crippen molar-refractivity contribution in [1.29, 1.82) is 0 Å². The average molecular weight is 452 g/mol. The van der Waals surface area contributed by atoms with Crippen LogP contribution in [0, 0.1) is 0 Å². The SMILES string of the molecule is CC(Sc1cccc(NC(=O)c2ccc(Cl)cc2Cl)c1)C(=O)Nc1nccs1. The second-order valence-corrected chi connectivity index (χ2v) is 8.85. The number of hydrogen-bond acceptors (Lipinski definition) is 5. The first-order chi connectivity index (χ1) is 13.4. The molecule has 1 unspecified atom stereocenters. The van der Waals surface area contributed by atoms with E-state index in [-0.39, 0.29) is 22.1 Å². The van der Waals surface area contributed by atoms with Gasteiger partial charge in [-0.15, -0.1) is 23.1 Å². The summed E-state index contributed by atoms with van der Waals surface area (Å²) in [4.78, 5) is 29.6. The van der Waals surface area contributed by atoms with Gasteiger partial charge in [0.25, 0.3) is 5.91 Å². The van der Waals surface area contributed by atoms with E-state index in [1.165, 1.54) is 29.2 Å². The summed E-state index contributed by atoms with van der Waals surface area (Å²) in [5.74, 6) is -0.472. The third-order valence-electron chi connectivity index (χ3n) is 3.61. The first-order valence-electron chi connectivity index (χ1n) is 8.16. The van der Waals surface area contributed by atoms with E-state index >= 15 is 0 Å². The smallest absolute Gasteiger partial charge is 0.257 e. The van der Waals surface area contributed by atoms with Crippen molar-refractivity contribution < 1.29 is 9.59 Å². The topological polar surface area (TPSA) is 71.1 Å². The van der Waals surface area contributed by atoms with E-state index in [1.807, 2.05) is 19.1 Å². The van der Waals surface area contributed by atoms with Crippen LogP contribution in [-0.4, -0.2) is 22.0 Å². The molecule has 3 aromatic rings. The van der Waals surface area contributed by atoms with Gasteiger partial charge in [-0.1, -0.05) is 29.3 Å². The van der Waals surface area contributed by atoms with Gasteiger partial charge < -0.3 is 10.6 Å². The van der Waals surface area contributed by atoms with E-state index in [9.17, 15) is 9.59 Å². The molecule has 2 N–H and O–H groups in total. The molecule has 0 saturated carbocycles. The Labute approximate surface area is 180 Å². The Morgan fingerprint density at radius 1 is 1.14 bits per heavy atom. The molecule has 3 rings (SSSR count). The van der Waals surface area contributed by atoms with Gasteiger partial charge in [0.05, 0.1) is 15.8 Å². The molecule has 0 bridgehead atoms. The van der Waals surface area contributed by atoms with E-state index < -0.39 is 0 Å². The van der Waals surface area contributed by atoms with E-state index in [0.29, 0.717) is 21.4 Å². The molecule has 144 valence electrons. The van der Waals surface area contributed by atoms with Crippen LogP contribution in [0.15, 0.2) is 58.9 Å². The highest BCUT2D eigenvalue weighted by Gasteiger charge is 2.16. The lowest BCUT2D eigenvalue weighted by Crippen LogP contribution is -2.22. The van der Waals surface area contributed by atoms with Gasteiger partial charge in [0, 0.05) is 27.2 Å². The maximum absolute atomic E-state index is 12.5. The highest BCUT2D eigenvalue weighted by atomic mass is 35.5. The molecule has 5 nitrogen and oxygen atoms in total. The Morgan fingerprint density at radius 2 is 1.96 bits per heavy atom. The van der Waals surface area contributed by atoms with Gasteiger partial charge in [0.2, 0.25) is 5.91 Å². The first kappa shape index (κ1) is 20.7. The Hall–Kier alpha value is -2.06. The summed E-state index contributed by atoms with van der Waals surface area (Å²) >= 11 is 14.7. The number of thiazole rings is 1. The first-order valence-corrected chi connectivity index (χ1v) is 10.7. The van der Waals surface area contributed by atoms with Crippen LogP contribution in [0.5, 0.6) is 0 Å². The van der Waals surface area contributed by atoms with Gasteiger partial charge in [-0.3, -0.25) is 9.59 Å². The van der Waals surface area contributed by atoms with Gasteiger partial charge in [-0.25, -0.2) is 4.98 Å². The van der Waals surface area contributed by atoms with Crippen LogP contribution in [0.1, 0.15) is 17.3 Å². The second-order valence-electron chi connectivity index (χ2n) is 5.69.